The Labute approximate surface area is 109 Å². The van der Waals surface area contributed by atoms with Crippen molar-refractivity contribution in [2.75, 3.05) is 6.54 Å². The molecule has 0 spiro atoms. The van der Waals surface area contributed by atoms with Crippen LogP contribution in [0.15, 0.2) is 16.9 Å². The number of hydrogen-bond acceptors (Lipinski definition) is 4. The highest BCUT2D eigenvalue weighted by atomic mass is 16.4. The van der Waals surface area contributed by atoms with Crippen molar-refractivity contribution in [3.05, 3.63) is 28.2 Å². The van der Waals surface area contributed by atoms with Crippen LogP contribution in [0.3, 0.4) is 0 Å². The first kappa shape index (κ1) is 13.3. The third-order valence-corrected chi connectivity index (χ3v) is 3.51. The summed E-state index contributed by atoms with van der Waals surface area (Å²) < 4.78 is 0. The molecule has 102 valence electrons. The SMILES string of the molecule is O=C(NCC1(C(=O)O)CCCC1)c1ccc(=O)[nH]n1. The van der Waals surface area contributed by atoms with Crippen molar-refractivity contribution in [1.82, 2.24) is 15.5 Å². The van der Waals surface area contributed by atoms with Crippen LogP contribution in [0.1, 0.15) is 36.2 Å². The van der Waals surface area contributed by atoms with Crippen LogP contribution in [0.2, 0.25) is 0 Å². The number of carbonyl (C=O) groups is 2. The van der Waals surface area contributed by atoms with Gasteiger partial charge in [0.25, 0.3) is 11.5 Å². The number of amides is 1. The number of carboxylic acids is 1. The van der Waals surface area contributed by atoms with Gasteiger partial charge in [0.05, 0.1) is 5.41 Å². The van der Waals surface area contributed by atoms with E-state index in [1.807, 2.05) is 0 Å². The Morgan fingerprint density at radius 1 is 1.37 bits per heavy atom. The zero-order valence-electron chi connectivity index (χ0n) is 10.3. The second-order valence-electron chi connectivity index (χ2n) is 4.78. The van der Waals surface area contributed by atoms with Gasteiger partial charge >= 0.3 is 5.97 Å². The zero-order chi connectivity index (χ0) is 13.9. The molecule has 1 saturated carbocycles. The maximum Gasteiger partial charge on any atom is 0.311 e. The number of carboxylic acid groups (broad SMARTS) is 1. The van der Waals surface area contributed by atoms with E-state index in [4.69, 9.17) is 0 Å². The quantitative estimate of drug-likeness (QED) is 0.717. The summed E-state index contributed by atoms with van der Waals surface area (Å²) in [6.07, 6.45) is 2.86. The van der Waals surface area contributed by atoms with Crippen LogP contribution in [-0.4, -0.2) is 33.7 Å². The maximum absolute atomic E-state index is 11.8. The van der Waals surface area contributed by atoms with E-state index in [0.29, 0.717) is 12.8 Å². The fraction of sp³-hybridized carbons (Fsp3) is 0.500. The highest BCUT2D eigenvalue weighted by Gasteiger charge is 2.41. The van der Waals surface area contributed by atoms with Crippen LogP contribution in [0.25, 0.3) is 0 Å². The summed E-state index contributed by atoms with van der Waals surface area (Å²) >= 11 is 0. The molecule has 7 heteroatoms. The van der Waals surface area contributed by atoms with Crippen LogP contribution in [0, 0.1) is 5.41 Å². The zero-order valence-corrected chi connectivity index (χ0v) is 10.3. The standard InChI is InChI=1S/C12H15N3O4/c16-9-4-3-8(14-15-9)10(17)13-7-12(11(18)19)5-1-2-6-12/h3-4H,1-2,5-7H2,(H,13,17)(H,15,16)(H,18,19). The number of hydrogen-bond donors (Lipinski definition) is 3. The van der Waals surface area contributed by atoms with Gasteiger partial charge in [0.15, 0.2) is 0 Å². The van der Waals surface area contributed by atoms with Gasteiger partial charge < -0.3 is 10.4 Å². The normalized spacial score (nSPS) is 17.1. The van der Waals surface area contributed by atoms with Gasteiger partial charge in [0.2, 0.25) is 0 Å². The summed E-state index contributed by atoms with van der Waals surface area (Å²) in [6.45, 7) is 0.0853. The lowest BCUT2D eigenvalue weighted by molar-refractivity contribution is -0.148. The summed E-state index contributed by atoms with van der Waals surface area (Å²) in [6, 6.07) is 2.50. The molecule has 1 aromatic heterocycles. The molecule has 2 rings (SSSR count). The molecule has 0 bridgehead atoms. The van der Waals surface area contributed by atoms with Gasteiger partial charge in [-0.1, -0.05) is 12.8 Å². The molecule has 0 aromatic carbocycles. The first-order valence-electron chi connectivity index (χ1n) is 6.11. The number of aromatic amines is 1. The molecule has 0 unspecified atom stereocenters. The Balaban J connectivity index is 2.01. The predicted octanol–water partition coefficient (Wildman–Crippen LogP) is 0.145. The van der Waals surface area contributed by atoms with Gasteiger partial charge in [-0.05, 0) is 18.9 Å². The Kier molecular flexibility index (Phi) is 3.64. The van der Waals surface area contributed by atoms with Crippen molar-refractivity contribution < 1.29 is 14.7 Å². The third-order valence-electron chi connectivity index (χ3n) is 3.51. The van der Waals surface area contributed by atoms with Gasteiger partial charge in [-0.25, -0.2) is 5.10 Å². The van der Waals surface area contributed by atoms with Crippen LogP contribution in [-0.2, 0) is 4.79 Å². The average Bonchev–Trinajstić information content (AvgIpc) is 2.87. The van der Waals surface area contributed by atoms with E-state index >= 15 is 0 Å². The second-order valence-corrected chi connectivity index (χ2v) is 4.78. The van der Waals surface area contributed by atoms with Crippen LogP contribution in [0.5, 0.6) is 0 Å². The van der Waals surface area contributed by atoms with Crippen LogP contribution >= 0.6 is 0 Å². The Bertz CT molecular complexity index is 526. The monoisotopic (exact) mass is 265 g/mol. The Hall–Kier alpha value is -2.18. The summed E-state index contributed by atoms with van der Waals surface area (Å²) in [4.78, 5) is 33.9. The highest BCUT2D eigenvalue weighted by molar-refractivity contribution is 5.92. The molecule has 0 aliphatic heterocycles. The van der Waals surface area contributed by atoms with Crippen molar-refractivity contribution in [2.24, 2.45) is 5.41 Å². The number of rotatable bonds is 4. The van der Waals surface area contributed by atoms with E-state index in [1.54, 1.807) is 0 Å². The van der Waals surface area contributed by atoms with Gasteiger partial charge in [-0.3, -0.25) is 14.4 Å². The van der Waals surface area contributed by atoms with Gasteiger partial charge in [-0.2, -0.15) is 5.10 Å². The molecule has 0 saturated heterocycles. The smallest absolute Gasteiger partial charge is 0.311 e. The van der Waals surface area contributed by atoms with Gasteiger partial charge in [0.1, 0.15) is 5.69 Å². The minimum atomic E-state index is -0.875. The second kappa shape index (κ2) is 5.21. The fourth-order valence-corrected chi connectivity index (χ4v) is 2.33. The van der Waals surface area contributed by atoms with E-state index in [1.165, 1.54) is 12.1 Å². The van der Waals surface area contributed by atoms with E-state index in [0.717, 1.165) is 12.8 Å². The maximum atomic E-state index is 11.8. The van der Waals surface area contributed by atoms with E-state index in [2.05, 4.69) is 15.5 Å². The molecule has 3 N–H and O–H groups in total. The van der Waals surface area contributed by atoms with Crippen molar-refractivity contribution in [3.63, 3.8) is 0 Å². The minimum Gasteiger partial charge on any atom is -0.481 e. The van der Waals surface area contributed by atoms with E-state index in [-0.39, 0.29) is 12.2 Å². The van der Waals surface area contributed by atoms with E-state index < -0.39 is 22.9 Å². The molecule has 0 atom stereocenters. The molecule has 1 amide bonds. The van der Waals surface area contributed by atoms with Crippen LogP contribution in [0.4, 0.5) is 0 Å². The third kappa shape index (κ3) is 2.81. The summed E-state index contributed by atoms with van der Waals surface area (Å²) in [5, 5.41) is 17.6. The number of aliphatic carboxylic acids is 1. The van der Waals surface area contributed by atoms with Crippen molar-refractivity contribution in [1.29, 1.82) is 0 Å². The molecule has 19 heavy (non-hydrogen) atoms. The number of H-pyrrole nitrogens is 1. The Morgan fingerprint density at radius 2 is 2.05 bits per heavy atom. The minimum absolute atomic E-state index is 0.0677. The molecule has 1 fully saturated rings. The van der Waals surface area contributed by atoms with Crippen molar-refractivity contribution in [2.45, 2.75) is 25.7 Å². The number of nitrogens with one attached hydrogen (secondary N) is 2. The molecule has 0 radical (unpaired) electrons. The first-order chi connectivity index (χ1) is 9.03. The molecule has 1 heterocycles. The van der Waals surface area contributed by atoms with Crippen LogP contribution < -0.4 is 10.9 Å². The summed E-state index contributed by atoms with van der Waals surface area (Å²) in [5.74, 6) is -1.36. The number of nitrogens with zero attached hydrogens (tertiary/aromatic N) is 1. The lowest BCUT2D eigenvalue weighted by atomic mass is 9.86. The molecular formula is C12H15N3O4. The largest absolute Gasteiger partial charge is 0.481 e. The van der Waals surface area contributed by atoms with Gasteiger partial charge in [-0.15, -0.1) is 0 Å². The molecule has 1 aliphatic rings. The molecule has 1 aromatic rings. The average molecular weight is 265 g/mol. The van der Waals surface area contributed by atoms with Crippen molar-refractivity contribution >= 4 is 11.9 Å². The lowest BCUT2D eigenvalue weighted by Gasteiger charge is -2.23. The Morgan fingerprint density at radius 3 is 2.58 bits per heavy atom. The fourth-order valence-electron chi connectivity index (χ4n) is 2.33. The highest BCUT2D eigenvalue weighted by Crippen LogP contribution is 2.37. The number of aromatic nitrogens is 2. The molecule has 1 aliphatic carbocycles. The summed E-state index contributed by atoms with van der Waals surface area (Å²) in [7, 11) is 0. The molecule has 7 nitrogen and oxygen atoms in total. The molecular weight excluding hydrogens is 250 g/mol. The predicted molar refractivity (Wildman–Crippen MR) is 65.7 cm³/mol. The number of carbonyl (C=O) groups excluding carboxylic acids is 1. The van der Waals surface area contributed by atoms with Gasteiger partial charge in [0, 0.05) is 12.6 Å². The summed E-state index contributed by atoms with van der Waals surface area (Å²) in [5.41, 5.74) is -1.19. The first-order valence-corrected chi connectivity index (χ1v) is 6.11. The topological polar surface area (TPSA) is 112 Å². The van der Waals surface area contributed by atoms with E-state index in [9.17, 15) is 19.5 Å². The lowest BCUT2D eigenvalue weighted by Crippen LogP contribution is -2.41. The van der Waals surface area contributed by atoms with Crippen molar-refractivity contribution in [3.8, 4) is 0 Å².